The molecule has 3 amide bonds. The second-order valence-corrected chi connectivity index (χ2v) is 6.81. The number of urea groups is 1. The van der Waals surface area contributed by atoms with Crippen LogP contribution < -0.4 is 4.90 Å². The van der Waals surface area contributed by atoms with Gasteiger partial charge in [-0.05, 0) is 42.8 Å². The number of amides is 3. The molecule has 3 rings (SSSR count). The first-order valence-corrected chi connectivity index (χ1v) is 8.67. The Hall–Kier alpha value is -3.58. The third-order valence-electron chi connectivity index (χ3n) is 5.14. The molecule has 7 nitrogen and oxygen atoms in total. The van der Waals surface area contributed by atoms with E-state index >= 15 is 0 Å². The number of likely N-dealkylation sites (N-methyl/N-ethyl adjacent to an activating group) is 1. The fraction of sp³-hybridized carbons (Fsp3) is 0.250. The van der Waals surface area contributed by atoms with Crippen molar-refractivity contribution in [2.24, 2.45) is 0 Å². The molecular weight excluding hydrogens is 403 g/mol. The molecule has 2 aromatic carbocycles. The fourth-order valence-electron chi connectivity index (χ4n) is 3.67. The maximum Gasteiger partial charge on any atom is 0.417 e. The molecular formula is C20H16F3N3O4. The Bertz CT molecular complexity index is 1060. The van der Waals surface area contributed by atoms with Crippen LogP contribution in [-0.4, -0.2) is 40.2 Å². The van der Waals surface area contributed by atoms with Crippen molar-refractivity contribution in [3.8, 4) is 11.8 Å². The minimum absolute atomic E-state index is 0.113. The molecule has 2 atom stereocenters. The first-order valence-electron chi connectivity index (χ1n) is 8.67. The van der Waals surface area contributed by atoms with E-state index < -0.39 is 40.9 Å². The van der Waals surface area contributed by atoms with Crippen molar-refractivity contribution < 1.29 is 33.0 Å². The summed E-state index contributed by atoms with van der Waals surface area (Å²) < 4.78 is 40.0. The molecule has 156 valence electrons. The molecule has 30 heavy (non-hydrogen) atoms. The predicted molar refractivity (Wildman–Crippen MR) is 98.3 cm³/mol. The SMILES string of the molecule is CC(O)C1(c2ccc(O)cc2)C(=O)N(c2ccc(C#N)c(C(F)(F)F)c2)C(=O)N1C. The van der Waals surface area contributed by atoms with E-state index in [1.165, 1.54) is 44.3 Å². The molecule has 0 saturated carbocycles. The Morgan fingerprint density at radius 3 is 2.23 bits per heavy atom. The van der Waals surface area contributed by atoms with Gasteiger partial charge in [-0.25, -0.2) is 9.69 Å². The van der Waals surface area contributed by atoms with Gasteiger partial charge >= 0.3 is 12.2 Å². The molecule has 0 spiro atoms. The first kappa shape index (κ1) is 21.1. The van der Waals surface area contributed by atoms with E-state index in [0.29, 0.717) is 11.0 Å². The highest BCUT2D eigenvalue weighted by Crippen LogP contribution is 2.43. The van der Waals surface area contributed by atoms with E-state index in [0.717, 1.165) is 17.0 Å². The van der Waals surface area contributed by atoms with Gasteiger partial charge in [0.15, 0.2) is 5.54 Å². The first-order chi connectivity index (χ1) is 14.0. The number of anilines is 1. The standard InChI is InChI=1S/C20H16F3N3O4/c1-11(27)19(13-4-7-15(28)8-5-13)17(29)26(18(30)25(19)2)14-6-3-12(10-24)16(9-14)20(21,22)23/h3-9,11,27-28H,1-2H3. The lowest BCUT2D eigenvalue weighted by Crippen LogP contribution is -2.53. The van der Waals surface area contributed by atoms with Gasteiger partial charge < -0.3 is 15.1 Å². The highest BCUT2D eigenvalue weighted by molar-refractivity contribution is 6.23. The molecule has 0 bridgehead atoms. The number of aliphatic hydroxyl groups excluding tert-OH is 1. The number of alkyl halides is 3. The summed E-state index contributed by atoms with van der Waals surface area (Å²) >= 11 is 0. The quantitative estimate of drug-likeness (QED) is 0.745. The molecule has 0 aliphatic carbocycles. The summed E-state index contributed by atoms with van der Waals surface area (Å²) in [6.45, 7) is 1.28. The number of carbonyl (C=O) groups is 2. The van der Waals surface area contributed by atoms with E-state index in [9.17, 15) is 33.0 Å². The van der Waals surface area contributed by atoms with Crippen LogP contribution in [0.1, 0.15) is 23.6 Å². The van der Waals surface area contributed by atoms with Crippen LogP contribution in [-0.2, 0) is 16.5 Å². The molecule has 10 heteroatoms. The van der Waals surface area contributed by atoms with Gasteiger partial charge in [0, 0.05) is 7.05 Å². The predicted octanol–water partition coefficient (Wildman–Crippen LogP) is 2.96. The monoisotopic (exact) mass is 419 g/mol. The third-order valence-corrected chi connectivity index (χ3v) is 5.14. The number of halogens is 3. The number of rotatable bonds is 3. The van der Waals surface area contributed by atoms with Gasteiger partial charge in [-0.3, -0.25) is 4.79 Å². The van der Waals surface area contributed by atoms with Gasteiger partial charge in [0.25, 0.3) is 5.91 Å². The summed E-state index contributed by atoms with van der Waals surface area (Å²) in [5, 5.41) is 29.0. The number of nitriles is 1. The summed E-state index contributed by atoms with van der Waals surface area (Å²) in [5.74, 6) is -1.08. The topological polar surface area (TPSA) is 105 Å². The van der Waals surface area contributed by atoms with Crippen LogP contribution in [0.25, 0.3) is 0 Å². The number of benzene rings is 2. The summed E-state index contributed by atoms with van der Waals surface area (Å²) in [6.07, 6.45) is -6.31. The van der Waals surface area contributed by atoms with Gasteiger partial charge in [0.2, 0.25) is 0 Å². The fourth-order valence-corrected chi connectivity index (χ4v) is 3.67. The van der Waals surface area contributed by atoms with Crippen LogP contribution in [0.4, 0.5) is 23.7 Å². The maximum absolute atomic E-state index is 13.4. The largest absolute Gasteiger partial charge is 0.508 e. The van der Waals surface area contributed by atoms with Gasteiger partial charge in [-0.15, -0.1) is 0 Å². The molecule has 1 fully saturated rings. The number of phenols is 1. The number of hydrogen-bond donors (Lipinski definition) is 2. The Morgan fingerprint density at radius 1 is 1.13 bits per heavy atom. The molecule has 1 heterocycles. The van der Waals surface area contributed by atoms with E-state index in [4.69, 9.17) is 5.26 Å². The van der Waals surface area contributed by atoms with Crippen LogP contribution in [0, 0.1) is 11.3 Å². The lowest BCUT2D eigenvalue weighted by molar-refractivity contribution is -0.138. The third kappa shape index (κ3) is 2.95. The number of aromatic hydroxyl groups is 1. The molecule has 0 aromatic heterocycles. The highest BCUT2D eigenvalue weighted by Gasteiger charge is 2.60. The molecule has 0 radical (unpaired) electrons. The minimum Gasteiger partial charge on any atom is -0.508 e. The van der Waals surface area contributed by atoms with Crippen molar-refractivity contribution in [2.45, 2.75) is 24.7 Å². The number of aliphatic hydroxyl groups is 1. The van der Waals surface area contributed by atoms with Crippen molar-refractivity contribution in [3.63, 3.8) is 0 Å². The van der Waals surface area contributed by atoms with Gasteiger partial charge in [-0.2, -0.15) is 18.4 Å². The van der Waals surface area contributed by atoms with Gasteiger partial charge in [0.05, 0.1) is 29.0 Å². The normalized spacial score (nSPS) is 20.4. The molecule has 2 N–H and O–H groups in total. The van der Waals surface area contributed by atoms with Crippen molar-refractivity contribution in [1.29, 1.82) is 5.26 Å². The van der Waals surface area contributed by atoms with Gasteiger partial charge in [0.1, 0.15) is 5.75 Å². The highest BCUT2D eigenvalue weighted by atomic mass is 19.4. The van der Waals surface area contributed by atoms with Crippen molar-refractivity contribution >= 4 is 17.6 Å². The van der Waals surface area contributed by atoms with Crippen LogP contribution in [0.3, 0.4) is 0 Å². The van der Waals surface area contributed by atoms with Gasteiger partial charge in [-0.1, -0.05) is 12.1 Å². The van der Waals surface area contributed by atoms with Crippen LogP contribution >= 0.6 is 0 Å². The van der Waals surface area contributed by atoms with E-state index in [2.05, 4.69) is 0 Å². The zero-order valence-corrected chi connectivity index (χ0v) is 15.8. The molecule has 2 aromatic rings. The second kappa shape index (κ2) is 7.03. The zero-order valence-electron chi connectivity index (χ0n) is 15.8. The summed E-state index contributed by atoms with van der Waals surface area (Å²) in [7, 11) is 1.24. The minimum atomic E-state index is -4.88. The number of phenolic OH excluding ortho intramolecular Hbond substituents is 1. The average molecular weight is 419 g/mol. The number of nitrogens with zero attached hydrogens (tertiary/aromatic N) is 3. The summed E-state index contributed by atoms with van der Waals surface area (Å²) in [4.78, 5) is 27.8. The molecule has 2 unspecified atom stereocenters. The van der Waals surface area contributed by atoms with Crippen molar-refractivity contribution in [2.75, 3.05) is 11.9 Å². The molecule has 1 saturated heterocycles. The lowest BCUT2D eigenvalue weighted by Gasteiger charge is -2.35. The molecule has 1 aliphatic heterocycles. The summed E-state index contributed by atoms with van der Waals surface area (Å²) in [6, 6.07) is 8.18. The number of carbonyl (C=O) groups excluding carboxylic acids is 2. The maximum atomic E-state index is 13.4. The Morgan fingerprint density at radius 2 is 1.73 bits per heavy atom. The zero-order chi connectivity index (χ0) is 22.4. The number of hydrogen-bond acceptors (Lipinski definition) is 5. The Labute approximate surface area is 169 Å². The van der Waals surface area contributed by atoms with Crippen molar-refractivity contribution in [3.05, 3.63) is 59.2 Å². The van der Waals surface area contributed by atoms with Crippen LogP contribution in [0.15, 0.2) is 42.5 Å². The Balaban J connectivity index is 2.20. The van der Waals surface area contributed by atoms with Crippen molar-refractivity contribution in [1.82, 2.24) is 4.90 Å². The van der Waals surface area contributed by atoms with E-state index in [-0.39, 0.29) is 17.0 Å². The van der Waals surface area contributed by atoms with Crippen LogP contribution in [0.5, 0.6) is 5.75 Å². The number of imide groups is 1. The Kier molecular flexibility index (Phi) is 4.96. The lowest BCUT2D eigenvalue weighted by atomic mass is 9.83. The van der Waals surface area contributed by atoms with E-state index in [1.807, 2.05) is 0 Å². The molecule has 1 aliphatic rings. The second-order valence-electron chi connectivity index (χ2n) is 6.81. The van der Waals surface area contributed by atoms with E-state index in [1.54, 1.807) is 0 Å². The average Bonchev–Trinajstić information content (AvgIpc) is 2.88. The van der Waals surface area contributed by atoms with Crippen LogP contribution in [0.2, 0.25) is 0 Å². The summed E-state index contributed by atoms with van der Waals surface area (Å²) in [5.41, 5.74) is -4.08. The smallest absolute Gasteiger partial charge is 0.417 e.